The summed E-state index contributed by atoms with van der Waals surface area (Å²) in [5, 5.41) is 4.06. The molecule has 0 unspecified atom stereocenters. The predicted molar refractivity (Wildman–Crippen MR) is 117 cm³/mol. The lowest BCUT2D eigenvalue weighted by atomic mass is 10.1. The van der Waals surface area contributed by atoms with Crippen LogP contribution in [0.25, 0.3) is 10.9 Å². The molecule has 5 nitrogen and oxygen atoms in total. The highest BCUT2D eigenvalue weighted by Crippen LogP contribution is 2.20. The van der Waals surface area contributed by atoms with Crippen molar-refractivity contribution in [2.45, 2.75) is 20.0 Å². The number of aryl methyl sites for hydroxylation is 1. The van der Waals surface area contributed by atoms with Crippen LogP contribution >= 0.6 is 11.6 Å². The largest absolute Gasteiger partial charge is 0.339 e. The Bertz CT molecular complexity index is 1260. The molecule has 1 N–H and O–H groups in total. The molecular weight excluding hydrogens is 386 g/mol. The second kappa shape index (κ2) is 7.97. The number of benzene rings is 2. The number of hydrogen-bond donors (Lipinski definition) is 1. The van der Waals surface area contributed by atoms with Crippen molar-refractivity contribution in [3.05, 3.63) is 99.6 Å². The van der Waals surface area contributed by atoms with Gasteiger partial charge < -0.3 is 14.5 Å². The zero-order valence-electron chi connectivity index (χ0n) is 15.9. The van der Waals surface area contributed by atoms with Gasteiger partial charge in [-0.3, -0.25) is 9.59 Å². The first-order valence-corrected chi connectivity index (χ1v) is 9.68. The van der Waals surface area contributed by atoms with E-state index in [1.165, 1.54) is 10.1 Å². The van der Waals surface area contributed by atoms with E-state index >= 15 is 0 Å². The van der Waals surface area contributed by atoms with Gasteiger partial charge in [-0.25, -0.2) is 0 Å². The minimum absolute atomic E-state index is 0.0878. The number of hydrogen-bond acceptors (Lipinski definition) is 2. The van der Waals surface area contributed by atoms with E-state index in [0.29, 0.717) is 22.8 Å². The molecule has 2 aromatic heterocycles. The van der Waals surface area contributed by atoms with Crippen molar-refractivity contribution in [1.82, 2.24) is 9.13 Å². The van der Waals surface area contributed by atoms with E-state index in [1.54, 1.807) is 30.5 Å². The fraction of sp³-hybridized carbons (Fsp3) is 0.130. The van der Waals surface area contributed by atoms with Crippen LogP contribution in [0.15, 0.2) is 77.9 Å². The van der Waals surface area contributed by atoms with Crippen LogP contribution in [0.3, 0.4) is 0 Å². The van der Waals surface area contributed by atoms with Crippen molar-refractivity contribution < 1.29 is 4.79 Å². The molecule has 2 heterocycles. The summed E-state index contributed by atoms with van der Waals surface area (Å²) in [5.74, 6) is -0.309. The van der Waals surface area contributed by atoms with Gasteiger partial charge in [-0.2, -0.15) is 0 Å². The summed E-state index contributed by atoms with van der Waals surface area (Å²) in [6.07, 6.45) is 3.56. The van der Waals surface area contributed by atoms with E-state index in [9.17, 15) is 9.59 Å². The molecular formula is C23H20ClN3O2. The summed E-state index contributed by atoms with van der Waals surface area (Å²) in [5.41, 5.74) is 3.23. The fourth-order valence-electron chi connectivity index (χ4n) is 3.38. The van der Waals surface area contributed by atoms with Crippen LogP contribution in [-0.2, 0) is 17.9 Å². The van der Waals surface area contributed by atoms with E-state index in [4.69, 9.17) is 11.6 Å². The Morgan fingerprint density at radius 1 is 0.966 bits per heavy atom. The molecule has 0 aliphatic carbocycles. The number of carbonyl (C=O) groups is 1. The summed E-state index contributed by atoms with van der Waals surface area (Å²) >= 11 is 6.09. The van der Waals surface area contributed by atoms with Gasteiger partial charge in [0, 0.05) is 24.3 Å². The Labute approximate surface area is 173 Å². The Kier molecular flexibility index (Phi) is 5.23. The number of halogens is 1. The molecule has 0 fully saturated rings. The molecule has 0 saturated carbocycles. The lowest BCUT2D eigenvalue weighted by Crippen LogP contribution is -2.28. The average Bonchev–Trinajstić information content (AvgIpc) is 3.11. The number of anilines is 1. The third-order valence-corrected chi connectivity index (χ3v) is 5.29. The van der Waals surface area contributed by atoms with Crippen molar-refractivity contribution in [3.8, 4) is 0 Å². The molecule has 0 saturated heterocycles. The standard InChI is InChI=1S/C23H20ClN3O2/c1-16-6-2-3-7-18(16)14-26-12-10-17-11-13-27(23(29)22(17)26)15-21(28)25-20-9-5-4-8-19(20)24/h2-13H,14-15H2,1H3,(H,25,28). The summed E-state index contributed by atoms with van der Waals surface area (Å²) in [4.78, 5) is 25.5. The fourth-order valence-corrected chi connectivity index (χ4v) is 3.56. The van der Waals surface area contributed by atoms with E-state index in [2.05, 4.69) is 24.4 Å². The minimum atomic E-state index is -0.309. The van der Waals surface area contributed by atoms with E-state index in [-0.39, 0.29) is 18.0 Å². The number of fused-ring (bicyclic) bond motifs is 1. The molecule has 29 heavy (non-hydrogen) atoms. The Morgan fingerprint density at radius 3 is 2.41 bits per heavy atom. The highest BCUT2D eigenvalue weighted by atomic mass is 35.5. The molecule has 0 radical (unpaired) electrons. The average molecular weight is 406 g/mol. The van der Waals surface area contributed by atoms with Gasteiger partial charge in [0.2, 0.25) is 5.91 Å². The van der Waals surface area contributed by atoms with Gasteiger partial charge in [-0.05, 0) is 42.3 Å². The van der Waals surface area contributed by atoms with Crippen molar-refractivity contribution in [2.75, 3.05) is 5.32 Å². The SMILES string of the molecule is Cc1ccccc1Cn1ccc2ccn(CC(=O)Nc3ccccc3Cl)c(=O)c21. The van der Waals surface area contributed by atoms with Crippen molar-refractivity contribution in [2.24, 2.45) is 0 Å². The number of para-hydroxylation sites is 1. The second-order valence-corrected chi connectivity index (χ2v) is 7.36. The maximum Gasteiger partial charge on any atom is 0.275 e. The summed E-state index contributed by atoms with van der Waals surface area (Å²) in [6.45, 7) is 2.56. The molecule has 4 rings (SSSR count). The minimum Gasteiger partial charge on any atom is -0.339 e. The van der Waals surface area contributed by atoms with Gasteiger partial charge in [0.15, 0.2) is 0 Å². The lowest BCUT2D eigenvalue weighted by Gasteiger charge is -2.11. The van der Waals surface area contributed by atoms with Gasteiger partial charge >= 0.3 is 0 Å². The first-order valence-electron chi connectivity index (χ1n) is 9.30. The molecule has 0 bridgehead atoms. The van der Waals surface area contributed by atoms with E-state index in [1.807, 2.05) is 35.0 Å². The predicted octanol–water partition coefficient (Wildman–Crippen LogP) is 4.45. The molecule has 0 aliphatic rings. The quantitative estimate of drug-likeness (QED) is 0.533. The Balaban J connectivity index is 1.62. The Hall–Kier alpha value is -3.31. The number of aromatic nitrogens is 2. The molecule has 0 aliphatic heterocycles. The monoisotopic (exact) mass is 405 g/mol. The lowest BCUT2D eigenvalue weighted by molar-refractivity contribution is -0.116. The summed E-state index contributed by atoms with van der Waals surface area (Å²) in [7, 11) is 0. The van der Waals surface area contributed by atoms with Crippen molar-refractivity contribution in [1.29, 1.82) is 0 Å². The highest BCUT2D eigenvalue weighted by Gasteiger charge is 2.12. The maximum atomic E-state index is 13.1. The van der Waals surface area contributed by atoms with Crippen LogP contribution in [0, 0.1) is 6.92 Å². The molecule has 0 spiro atoms. The van der Waals surface area contributed by atoms with Crippen molar-refractivity contribution in [3.63, 3.8) is 0 Å². The van der Waals surface area contributed by atoms with Crippen LogP contribution in [0.4, 0.5) is 5.69 Å². The first-order chi connectivity index (χ1) is 14.0. The molecule has 6 heteroatoms. The van der Waals surface area contributed by atoms with Crippen LogP contribution < -0.4 is 10.9 Å². The van der Waals surface area contributed by atoms with Crippen LogP contribution in [0.2, 0.25) is 5.02 Å². The first kappa shape index (κ1) is 19.0. The third-order valence-electron chi connectivity index (χ3n) is 4.96. The molecule has 2 aromatic carbocycles. The van der Waals surface area contributed by atoms with Crippen LogP contribution in [-0.4, -0.2) is 15.0 Å². The van der Waals surface area contributed by atoms with Crippen molar-refractivity contribution >= 4 is 34.1 Å². The van der Waals surface area contributed by atoms with Gasteiger partial charge in [0.1, 0.15) is 12.1 Å². The number of nitrogens with one attached hydrogen (secondary N) is 1. The number of nitrogens with zero attached hydrogens (tertiary/aromatic N) is 2. The number of carbonyl (C=O) groups excluding carboxylic acids is 1. The molecule has 146 valence electrons. The zero-order valence-corrected chi connectivity index (χ0v) is 16.7. The summed E-state index contributed by atoms with van der Waals surface area (Å²) < 4.78 is 3.35. The normalized spacial score (nSPS) is 11.0. The maximum absolute atomic E-state index is 13.1. The topological polar surface area (TPSA) is 56.0 Å². The second-order valence-electron chi connectivity index (χ2n) is 6.95. The van der Waals surface area contributed by atoms with E-state index in [0.717, 1.165) is 10.9 Å². The van der Waals surface area contributed by atoms with Gasteiger partial charge in [-0.15, -0.1) is 0 Å². The zero-order chi connectivity index (χ0) is 20.4. The van der Waals surface area contributed by atoms with Gasteiger partial charge in [0.25, 0.3) is 5.56 Å². The van der Waals surface area contributed by atoms with Crippen LogP contribution in [0.5, 0.6) is 0 Å². The highest BCUT2D eigenvalue weighted by molar-refractivity contribution is 6.33. The number of rotatable bonds is 5. The van der Waals surface area contributed by atoms with Gasteiger partial charge in [-0.1, -0.05) is 48.0 Å². The van der Waals surface area contributed by atoms with E-state index < -0.39 is 0 Å². The molecule has 1 amide bonds. The van der Waals surface area contributed by atoms with Gasteiger partial charge in [0.05, 0.1) is 10.7 Å². The Morgan fingerprint density at radius 2 is 1.66 bits per heavy atom. The number of amides is 1. The molecule has 0 atom stereocenters. The summed E-state index contributed by atoms with van der Waals surface area (Å²) in [6, 6.07) is 18.9. The molecule has 4 aromatic rings. The third kappa shape index (κ3) is 3.96. The smallest absolute Gasteiger partial charge is 0.275 e. The van der Waals surface area contributed by atoms with Crippen LogP contribution in [0.1, 0.15) is 11.1 Å². The number of pyridine rings is 1.